The molecule has 3 fully saturated rings. The van der Waals surface area contributed by atoms with Crippen LogP contribution in [-0.2, 0) is 9.47 Å². The normalized spacial score (nSPS) is 29.3. The molecule has 1 aromatic rings. The number of amides is 1. The van der Waals surface area contributed by atoms with Crippen molar-refractivity contribution in [2.45, 2.75) is 57.3 Å². The maximum atomic E-state index is 12.3. The summed E-state index contributed by atoms with van der Waals surface area (Å²) < 4.78 is 11.3. The highest BCUT2D eigenvalue weighted by Gasteiger charge is 2.41. The van der Waals surface area contributed by atoms with E-state index < -0.39 is 5.60 Å². The first-order chi connectivity index (χ1) is 13.9. The molecular weight excluding hydrogens is 366 g/mol. The number of carbonyl (C=O) groups excluding carboxylic acids is 1. The van der Waals surface area contributed by atoms with Gasteiger partial charge in [-0.3, -0.25) is 9.80 Å². The second kappa shape index (κ2) is 8.62. The van der Waals surface area contributed by atoms with Gasteiger partial charge >= 0.3 is 6.09 Å². The lowest BCUT2D eigenvalue weighted by atomic mass is 9.82. The molecule has 1 aromatic carbocycles. The number of ether oxygens (including phenoxy) is 2. The molecule has 1 saturated carbocycles. The average molecular weight is 402 g/mol. The number of hydrogen-bond donors (Lipinski definition) is 0. The number of nitrogens with zero attached hydrogens (tertiary/aromatic N) is 3. The summed E-state index contributed by atoms with van der Waals surface area (Å²) in [4.78, 5) is 19.3. The topological polar surface area (TPSA) is 45.2 Å². The standard InChI is InChI=1S/C23H35N3O3/c1-23(2,3)29-22(27)25-11-9-24(10-12-25)19-15-20(16-19)26-13-14-28-17-21(26)18-7-5-4-6-8-18/h4-8,19-21H,9-17H2,1-3H3/t19?,20?,21-/m0/s1. The van der Waals surface area contributed by atoms with E-state index in [0.29, 0.717) is 18.1 Å². The van der Waals surface area contributed by atoms with E-state index in [9.17, 15) is 4.79 Å². The van der Waals surface area contributed by atoms with Gasteiger partial charge in [0.25, 0.3) is 0 Å². The highest BCUT2D eigenvalue weighted by molar-refractivity contribution is 5.68. The number of benzene rings is 1. The Morgan fingerprint density at radius 2 is 1.69 bits per heavy atom. The Morgan fingerprint density at radius 1 is 1.00 bits per heavy atom. The fraction of sp³-hybridized carbons (Fsp3) is 0.696. The van der Waals surface area contributed by atoms with Crippen LogP contribution >= 0.6 is 0 Å². The summed E-state index contributed by atoms with van der Waals surface area (Å²) in [6.45, 7) is 11.8. The minimum Gasteiger partial charge on any atom is -0.444 e. The maximum absolute atomic E-state index is 12.3. The minimum atomic E-state index is -0.428. The van der Waals surface area contributed by atoms with Crippen LogP contribution in [0.3, 0.4) is 0 Å². The Kier molecular flexibility index (Phi) is 6.13. The zero-order valence-corrected chi connectivity index (χ0v) is 18.0. The number of carbonyl (C=O) groups is 1. The molecule has 2 saturated heterocycles. The Bertz CT molecular complexity index is 676. The second-order valence-electron chi connectivity index (χ2n) is 9.52. The quantitative estimate of drug-likeness (QED) is 0.779. The molecule has 0 spiro atoms. The summed E-state index contributed by atoms with van der Waals surface area (Å²) in [7, 11) is 0. The Morgan fingerprint density at radius 3 is 2.34 bits per heavy atom. The molecule has 0 unspecified atom stereocenters. The van der Waals surface area contributed by atoms with Gasteiger partial charge in [0, 0.05) is 44.8 Å². The third-order valence-corrected chi connectivity index (χ3v) is 6.39. The predicted octanol–water partition coefficient (Wildman–Crippen LogP) is 3.14. The molecule has 0 bridgehead atoms. The maximum Gasteiger partial charge on any atom is 0.410 e. The van der Waals surface area contributed by atoms with E-state index in [4.69, 9.17) is 9.47 Å². The van der Waals surface area contributed by atoms with Crippen molar-refractivity contribution in [1.82, 2.24) is 14.7 Å². The molecule has 29 heavy (non-hydrogen) atoms. The fourth-order valence-corrected chi connectivity index (χ4v) is 4.74. The molecule has 1 amide bonds. The number of hydrogen-bond acceptors (Lipinski definition) is 5. The Labute approximate surface area is 174 Å². The second-order valence-corrected chi connectivity index (χ2v) is 9.52. The van der Waals surface area contributed by atoms with Gasteiger partial charge in [-0.15, -0.1) is 0 Å². The average Bonchev–Trinajstić information content (AvgIpc) is 2.67. The summed E-state index contributed by atoms with van der Waals surface area (Å²) in [6.07, 6.45) is 2.26. The van der Waals surface area contributed by atoms with Gasteiger partial charge in [0.2, 0.25) is 0 Å². The van der Waals surface area contributed by atoms with E-state index in [-0.39, 0.29) is 6.09 Å². The lowest BCUT2D eigenvalue weighted by Crippen LogP contribution is -2.60. The number of morpholine rings is 1. The molecule has 0 aromatic heterocycles. The molecule has 6 nitrogen and oxygen atoms in total. The fourth-order valence-electron chi connectivity index (χ4n) is 4.74. The van der Waals surface area contributed by atoms with Gasteiger partial charge in [0.1, 0.15) is 5.60 Å². The van der Waals surface area contributed by atoms with Crippen molar-refractivity contribution in [1.29, 1.82) is 0 Å². The van der Waals surface area contributed by atoms with Crippen molar-refractivity contribution in [3.05, 3.63) is 35.9 Å². The number of rotatable bonds is 3. The van der Waals surface area contributed by atoms with Crippen molar-refractivity contribution in [2.24, 2.45) is 0 Å². The monoisotopic (exact) mass is 401 g/mol. The van der Waals surface area contributed by atoms with Gasteiger partial charge in [-0.1, -0.05) is 30.3 Å². The van der Waals surface area contributed by atoms with Crippen LogP contribution in [0.15, 0.2) is 30.3 Å². The highest BCUT2D eigenvalue weighted by atomic mass is 16.6. The van der Waals surface area contributed by atoms with Crippen molar-refractivity contribution < 1.29 is 14.3 Å². The molecule has 2 aliphatic heterocycles. The van der Waals surface area contributed by atoms with Crippen LogP contribution in [-0.4, -0.2) is 84.4 Å². The van der Waals surface area contributed by atoms with E-state index in [1.807, 2.05) is 25.7 Å². The third kappa shape index (κ3) is 4.93. The van der Waals surface area contributed by atoms with E-state index in [0.717, 1.165) is 45.9 Å². The van der Waals surface area contributed by atoms with Gasteiger partial charge in [-0.2, -0.15) is 0 Å². The van der Waals surface area contributed by atoms with Crippen LogP contribution < -0.4 is 0 Å². The summed E-state index contributed by atoms with van der Waals surface area (Å²) in [5.41, 5.74) is 0.935. The van der Waals surface area contributed by atoms with Crippen molar-refractivity contribution >= 4 is 6.09 Å². The van der Waals surface area contributed by atoms with Crippen molar-refractivity contribution in [2.75, 3.05) is 45.9 Å². The lowest BCUT2D eigenvalue weighted by molar-refractivity contribution is -0.0725. The molecule has 4 rings (SSSR count). The van der Waals surface area contributed by atoms with Crippen LogP contribution in [0.1, 0.15) is 45.2 Å². The Balaban J connectivity index is 1.26. The van der Waals surface area contributed by atoms with E-state index >= 15 is 0 Å². The van der Waals surface area contributed by atoms with Gasteiger partial charge in [0.15, 0.2) is 0 Å². The lowest BCUT2D eigenvalue weighted by Gasteiger charge is -2.52. The summed E-state index contributed by atoms with van der Waals surface area (Å²) >= 11 is 0. The van der Waals surface area contributed by atoms with Crippen LogP contribution in [0.25, 0.3) is 0 Å². The molecule has 6 heteroatoms. The molecule has 160 valence electrons. The van der Waals surface area contributed by atoms with Gasteiger partial charge in [0.05, 0.1) is 19.3 Å². The number of piperazine rings is 1. The van der Waals surface area contributed by atoms with Crippen LogP contribution in [0.2, 0.25) is 0 Å². The first-order valence-corrected chi connectivity index (χ1v) is 11.0. The van der Waals surface area contributed by atoms with Crippen molar-refractivity contribution in [3.8, 4) is 0 Å². The molecule has 3 aliphatic rings. The zero-order valence-electron chi connectivity index (χ0n) is 18.0. The molecule has 2 heterocycles. The van der Waals surface area contributed by atoms with Crippen LogP contribution in [0, 0.1) is 0 Å². The first kappa shape index (κ1) is 20.6. The van der Waals surface area contributed by atoms with E-state index in [1.54, 1.807) is 0 Å². The van der Waals surface area contributed by atoms with Gasteiger partial charge in [-0.05, 0) is 39.2 Å². The van der Waals surface area contributed by atoms with Gasteiger partial charge < -0.3 is 14.4 Å². The highest BCUT2D eigenvalue weighted by Crippen LogP contribution is 2.37. The molecule has 1 atom stereocenters. The predicted molar refractivity (Wildman–Crippen MR) is 113 cm³/mol. The third-order valence-electron chi connectivity index (χ3n) is 6.39. The first-order valence-electron chi connectivity index (χ1n) is 11.0. The molecular formula is C23H35N3O3. The van der Waals surface area contributed by atoms with E-state index in [1.165, 1.54) is 18.4 Å². The molecule has 0 radical (unpaired) electrons. The molecule has 0 N–H and O–H groups in total. The summed E-state index contributed by atoms with van der Waals surface area (Å²) in [5.74, 6) is 0. The SMILES string of the molecule is CC(C)(C)OC(=O)N1CCN(C2CC(N3CCOC[C@H]3c3ccccc3)C2)CC1. The Hall–Kier alpha value is -1.63. The van der Waals surface area contributed by atoms with Gasteiger partial charge in [-0.25, -0.2) is 4.79 Å². The molecule has 1 aliphatic carbocycles. The van der Waals surface area contributed by atoms with Crippen LogP contribution in [0.5, 0.6) is 0 Å². The van der Waals surface area contributed by atoms with Crippen LogP contribution in [0.4, 0.5) is 4.79 Å². The minimum absolute atomic E-state index is 0.178. The largest absolute Gasteiger partial charge is 0.444 e. The van der Waals surface area contributed by atoms with E-state index in [2.05, 4.69) is 40.1 Å². The zero-order chi connectivity index (χ0) is 20.4. The summed E-state index contributed by atoms with van der Waals surface area (Å²) in [5, 5.41) is 0. The summed E-state index contributed by atoms with van der Waals surface area (Å²) in [6, 6.07) is 12.4. The smallest absolute Gasteiger partial charge is 0.410 e. The van der Waals surface area contributed by atoms with Crippen molar-refractivity contribution in [3.63, 3.8) is 0 Å².